The SMILES string of the molecule is CCCCCOC(=O)N[C@@H](C)CC. The molecule has 3 nitrogen and oxygen atoms in total. The van der Waals surface area contributed by atoms with E-state index in [1.54, 1.807) is 0 Å². The van der Waals surface area contributed by atoms with Crippen molar-refractivity contribution in [3.05, 3.63) is 0 Å². The van der Waals surface area contributed by atoms with Gasteiger partial charge < -0.3 is 10.1 Å². The molecular weight excluding hydrogens is 166 g/mol. The maximum absolute atomic E-state index is 11.0. The Morgan fingerprint density at radius 3 is 2.62 bits per heavy atom. The number of carbonyl (C=O) groups is 1. The van der Waals surface area contributed by atoms with Crippen LogP contribution in [0, 0.1) is 0 Å². The second kappa shape index (κ2) is 7.90. The molecule has 0 heterocycles. The molecule has 0 aliphatic heterocycles. The van der Waals surface area contributed by atoms with Gasteiger partial charge in [0, 0.05) is 6.04 Å². The summed E-state index contributed by atoms with van der Waals surface area (Å²) in [7, 11) is 0. The lowest BCUT2D eigenvalue weighted by Gasteiger charge is -2.11. The highest BCUT2D eigenvalue weighted by molar-refractivity contribution is 5.67. The summed E-state index contributed by atoms with van der Waals surface area (Å²) in [6.45, 7) is 6.66. The van der Waals surface area contributed by atoms with Gasteiger partial charge in [-0.2, -0.15) is 0 Å². The number of hydrogen-bond donors (Lipinski definition) is 1. The fourth-order valence-corrected chi connectivity index (χ4v) is 0.862. The van der Waals surface area contributed by atoms with Crippen molar-refractivity contribution < 1.29 is 9.53 Å². The molecule has 13 heavy (non-hydrogen) atoms. The molecule has 1 atom stereocenters. The standard InChI is InChI=1S/C10H21NO2/c1-4-6-7-8-13-10(12)11-9(3)5-2/h9H,4-8H2,1-3H3,(H,11,12)/t9-/m0/s1. The molecule has 0 aliphatic carbocycles. The van der Waals surface area contributed by atoms with Crippen LogP contribution in [0.4, 0.5) is 4.79 Å². The van der Waals surface area contributed by atoms with Crippen LogP contribution in [0.5, 0.6) is 0 Å². The second-order valence-electron chi connectivity index (χ2n) is 3.30. The fourth-order valence-electron chi connectivity index (χ4n) is 0.862. The first-order valence-corrected chi connectivity index (χ1v) is 5.14. The molecule has 0 radical (unpaired) electrons. The van der Waals surface area contributed by atoms with Crippen LogP contribution < -0.4 is 5.32 Å². The molecule has 0 aromatic heterocycles. The second-order valence-corrected chi connectivity index (χ2v) is 3.30. The van der Waals surface area contributed by atoms with Crippen LogP contribution in [-0.4, -0.2) is 18.7 Å². The monoisotopic (exact) mass is 187 g/mol. The van der Waals surface area contributed by atoms with Crippen LogP contribution in [0.25, 0.3) is 0 Å². The average molecular weight is 187 g/mol. The first-order valence-electron chi connectivity index (χ1n) is 5.14. The van der Waals surface area contributed by atoms with Crippen LogP contribution >= 0.6 is 0 Å². The Labute approximate surface area is 80.8 Å². The fraction of sp³-hybridized carbons (Fsp3) is 0.900. The quantitative estimate of drug-likeness (QED) is 0.649. The predicted molar refractivity (Wildman–Crippen MR) is 53.8 cm³/mol. The Hall–Kier alpha value is -0.730. The van der Waals surface area contributed by atoms with Crippen molar-refractivity contribution in [2.75, 3.05) is 6.61 Å². The molecule has 0 unspecified atom stereocenters. The molecule has 0 aromatic carbocycles. The summed E-state index contributed by atoms with van der Waals surface area (Å²) in [5.74, 6) is 0. The van der Waals surface area contributed by atoms with Crippen molar-refractivity contribution in [2.45, 2.75) is 52.5 Å². The predicted octanol–water partition coefficient (Wildman–Crippen LogP) is 2.70. The average Bonchev–Trinajstić information content (AvgIpc) is 2.12. The van der Waals surface area contributed by atoms with Crippen LogP contribution in [0.15, 0.2) is 0 Å². The maximum Gasteiger partial charge on any atom is 0.407 e. The van der Waals surface area contributed by atoms with Gasteiger partial charge in [0.2, 0.25) is 0 Å². The highest BCUT2D eigenvalue weighted by atomic mass is 16.5. The number of rotatable bonds is 6. The summed E-state index contributed by atoms with van der Waals surface area (Å²) >= 11 is 0. The van der Waals surface area contributed by atoms with E-state index >= 15 is 0 Å². The molecule has 0 aliphatic rings. The Bertz CT molecular complexity index is 137. The Morgan fingerprint density at radius 1 is 1.38 bits per heavy atom. The van der Waals surface area contributed by atoms with Crippen molar-refractivity contribution in [3.63, 3.8) is 0 Å². The molecule has 0 saturated heterocycles. The molecule has 0 saturated carbocycles. The Kier molecular flexibility index (Phi) is 7.45. The Balaban J connectivity index is 3.30. The third-order valence-corrected chi connectivity index (χ3v) is 1.96. The van der Waals surface area contributed by atoms with Crippen molar-refractivity contribution in [1.29, 1.82) is 0 Å². The molecule has 1 amide bonds. The number of alkyl carbamates (subject to hydrolysis) is 1. The first-order chi connectivity index (χ1) is 6.20. The lowest BCUT2D eigenvalue weighted by atomic mass is 10.3. The summed E-state index contributed by atoms with van der Waals surface area (Å²) < 4.78 is 4.97. The van der Waals surface area contributed by atoms with Crippen molar-refractivity contribution in [3.8, 4) is 0 Å². The normalized spacial score (nSPS) is 12.2. The third kappa shape index (κ3) is 7.62. The van der Waals surface area contributed by atoms with Gasteiger partial charge in [0.15, 0.2) is 0 Å². The van der Waals surface area contributed by atoms with Crippen LogP contribution in [0.2, 0.25) is 0 Å². The van der Waals surface area contributed by atoms with Gasteiger partial charge in [-0.3, -0.25) is 0 Å². The highest BCUT2D eigenvalue weighted by Gasteiger charge is 2.04. The molecule has 78 valence electrons. The van der Waals surface area contributed by atoms with E-state index in [0.717, 1.165) is 25.7 Å². The van der Waals surface area contributed by atoms with E-state index in [4.69, 9.17) is 4.74 Å². The lowest BCUT2D eigenvalue weighted by Crippen LogP contribution is -2.32. The van der Waals surface area contributed by atoms with E-state index in [9.17, 15) is 4.79 Å². The highest BCUT2D eigenvalue weighted by Crippen LogP contribution is 1.95. The summed E-state index contributed by atoms with van der Waals surface area (Å²) in [5, 5.41) is 2.75. The summed E-state index contributed by atoms with van der Waals surface area (Å²) in [6, 6.07) is 0.207. The first kappa shape index (κ1) is 12.3. The molecule has 0 rings (SSSR count). The lowest BCUT2D eigenvalue weighted by molar-refractivity contribution is 0.140. The topological polar surface area (TPSA) is 38.3 Å². The van der Waals surface area contributed by atoms with Gasteiger partial charge in [-0.15, -0.1) is 0 Å². The maximum atomic E-state index is 11.0. The number of ether oxygens (including phenoxy) is 1. The molecule has 0 spiro atoms. The smallest absolute Gasteiger partial charge is 0.407 e. The van der Waals surface area contributed by atoms with E-state index in [0.29, 0.717) is 6.61 Å². The number of nitrogens with one attached hydrogen (secondary N) is 1. The summed E-state index contributed by atoms with van der Waals surface area (Å²) in [4.78, 5) is 11.0. The molecule has 0 fully saturated rings. The zero-order valence-corrected chi connectivity index (χ0v) is 8.93. The van der Waals surface area contributed by atoms with Gasteiger partial charge in [0.1, 0.15) is 0 Å². The van der Waals surface area contributed by atoms with Gasteiger partial charge in [0.25, 0.3) is 0 Å². The minimum absolute atomic E-state index is 0.207. The molecule has 0 aromatic rings. The molecule has 3 heteroatoms. The zero-order valence-electron chi connectivity index (χ0n) is 8.93. The third-order valence-electron chi connectivity index (χ3n) is 1.96. The van der Waals surface area contributed by atoms with Crippen molar-refractivity contribution in [1.82, 2.24) is 5.32 Å². The van der Waals surface area contributed by atoms with Crippen LogP contribution in [-0.2, 0) is 4.74 Å². The molecule has 0 bridgehead atoms. The van der Waals surface area contributed by atoms with E-state index in [1.165, 1.54) is 0 Å². The molecule has 1 N–H and O–H groups in total. The van der Waals surface area contributed by atoms with Gasteiger partial charge in [-0.25, -0.2) is 4.79 Å². The van der Waals surface area contributed by atoms with E-state index in [2.05, 4.69) is 12.2 Å². The Morgan fingerprint density at radius 2 is 2.08 bits per heavy atom. The minimum Gasteiger partial charge on any atom is -0.450 e. The van der Waals surface area contributed by atoms with Crippen LogP contribution in [0.3, 0.4) is 0 Å². The summed E-state index contributed by atoms with van der Waals surface area (Å²) in [5.41, 5.74) is 0. The van der Waals surface area contributed by atoms with Gasteiger partial charge in [-0.1, -0.05) is 26.7 Å². The molecular formula is C10H21NO2. The largest absolute Gasteiger partial charge is 0.450 e. The van der Waals surface area contributed by atoms with Crippen LogP contribution in [0.1, 0.15) is 46.5 Å². The van der Waals surface area contributed by atoms with E-state index in [1.807, 2.05) is 13.8 Å². The van der Waals surface area contributed by atoms with Crippen molar-refractivity contribution in [2.24, 2.45) is 0 Å². The number of carbonyl (C=O) groups excluding carboxylic acids is 1. The van der Waals surface area contributed by atoms with Gasteiger partial charge in [-0.05, 0) is 19.8 Å². The van der Waals surface area contributed by atoms with E-state index < -0.39 is 0 Å². The zero-order chi connectivity index (χ0) is 10.1. The number of amides is 1. The van der Waals surface area contributed by atoms with Gasteiger partial charge in [0.05, 0.1) is 6.61 Å². The van der Waals surface area contributed by atoms with Gasteiger partial charge >= 0.3 is 6.09 Å². The van der Waals surface area contributed by atoms with E-state index in [-0.39, 0.29) is 12.1 Å². The summed E-state index contributed by atoms with van der Waals surface area (Å²) in [6.07, 6.45) is 3.88. The number of unbranched alkanes of at least 4 members (excludes halogenated alkanes) is 2. The minimum atomic E-state index is -0.287. The number of hydrogen-bond acceptors (Lipinski definition) is 2. The van der Waals surface area contributed by atoms with Crippen molar-refractivity contribution >= 4 is 6.09 Å².